The molecule has 3 rings (SSSR count). The number of sulfonamides is 1. The minimum Gasteiger partial charge on any atom is -0.339 e. The van der Waals surface area contributed by atoms with E-state index in [4.69, 9.17) is 17.0 Å². The summed E-state index contributed by atoms with van der Waals surface area (Å²) in [7, 11) is -3.58. The molecule has 1 aromatic carbocycles. The fourth-order valence-electron chi connectivity index (χ4n) is 2.61. The zero-order valence-corrected chi connectivity index (χ0v) is 15.6. The Labute approximate surface area is 154 Å². The number of amides is 1. The van der Waals surface area contributed by atoms with Crippen LogP contribution in [0, 0.1) is 5.41 Å². The summed E-state index contributed by atoms with van der Waals surface area (Å²) in [6, 6.07) is 6.06. The number of benzene rings is 1. The fraction of sp³-hybridized carbons (Fsp3) is 0.333. The van der Waals surface area contributed by atoms with E-state index in [-0.39, 0.29) is 30.4 Å². The molecular formula is C15H17ClN4O3S2. The maximum atomic E-state index is 12.6. The molecule has 0 unspecified atom stereocenters. The van der Waals surface area contributed by atoms with Gasteiger partial charge in [0, 0.05) is 42.8 Å². The van der Waals surface area contributed by atoms with Gasteiger partial charge in [-0.1, -0.05) is 11.6 Å². The van der Waals surface area contributed by atoms with Gasteiger partial charge in [0.15, 0.2) is 4.80 Å². The Morgan fingerprint density at radius 3 is 2.36 bits per heavy atom. The highest BCUT2D eigenvalue weighted by molar-refractivity contribution is 7.89. The van der Waals surface area contributed by atoms with Crippen LogP contribution < -0.4 is 4.80 Å². The molecule has 1 aliphatic heterocycles. The second-order valence-corrected chi connectivity index (χ2v) is 8.84. The van der Waals surface area contributed by atoms with E-state index in [0.717, 1.165) is 0 Å². The lowest BCUT2D eigenvalue weighted by atomic mass is 10.3. The quantitative estimate of drug-likeness (QED) is 0.837. The van der Waals surface area contributed by atoms with Gasteiger partial charge in [0.1, 0.15) is 6.54 Å². The Hall–Kier alpha value is -1.68. The van der Waals surface area contributed by atoms with Crippen molar-refractivity contribution in [1.29, 1.82) is 5.41 Å². The van der Waals surface area contributed by atoms with Crippen molar-refractivity contribution < 1.29 is 13.2 Å². The summed E-state index contributed by atoms with van der Waals surface area (Å²) >= 11 is 7.06. The normalized spacial score (nSPS) is 16.1. The maximum absolute atomic E-state index is 12.6. The first-order valence-electron chi connectivity index (χ1n) is 7.60. The number of hydrogen-bond acceptors (Lipinski definition) is 5. The Morgan fingerprint density at radius 2 is 1.80 bits per heavy atom. The standard InChI is InChI=1S/C15H17ClN4O3S2/c16-12-1-3-13(4-2-12)25(22,23)20-7-5-18(6-8-20)14(21)11-19-9-10-24-15(19)17/h1-4,9-10,17H,5-8,11H2. The molecule has 2 heterocycles. The average Bonchev–Trinajstić information content (AvgIpc) is 3.00. The molecule has 1 aliphatic rings. The molecule has 25 heavy (non-hydrogen) atoms. The lowest BCUT2D eigenvalue weighted by Crippen LogP contribution is -2.51. The van der Waals surface area contributed by atoms with Crippen molar-refractivity contribution in [2.24, 2.45) is 0 Å². The lowest BCUT2D eigenvalue weighted by molar-refractivity contribution is -0.133. The van der Waals surface area contributed by atoms with Crippen molar-refractivity contribution in [3.05, 3.63) is 45.7 Å². The van der Waals surface area contributed by atoms with Gasteiger partial charge in [-0.15, -0.1) is 11.3 Å². The third-order valence-corrected chi connectivity index (χ3v) is 6.91. The molecule has 0 saturated carbocycles. The number of halogens is 1. The Kier molecular flexibility index (Phi) is 5.28. The summed E-state index contributed by atoms with van der Waals surface area (Å²) in [5.74, 6) is -0.111. The van der Waals surface area contributed by atoms with E-state index in [1.54, 1.807) is 33.2 Å². The number of carbonyl (C=O) groups is 1. The highest BCUT2D eigenvalue weighted by atomic mass is 35.5. The summed E-state index contributed by atoms with van der Waals surface area (Å²) in [5, 5.41) is 9.93. The molecule has 10 heteroatoms. The van der Waals surface area contributed by atoms with Crippen LogP contribution in [-0.4, -0.2) is 54.3 Å². The number of rotatable bonds is 4. The number of nitrogens with one attached hydrogen (secondary N) is 1. The third-order valence-electron chi connectivity index (χ3n) is 4.03. The van der Waals surface area contributed by atoms with Gasteiger partial charge in [0.2, 0.25) is 15.9 Å². The molecule has 134 valence electrons. The van der Waals surface area contributed by atoms with Gasteiger partial charge in [0.25, 0.3) is 0 Å². The van der Waals surface area contributed by atoms with Crippen molar-refractivity contribution in [2.45, 2.75) is 11.4 Å². The van der Waals surface area contributed by atoms with Gasteiger partial charge in [-0.2, -0.15) is 4.31 Å². The molecule has 0 aliphatic carbocycles. The van der Waals surface area contributed by atoms with E-state index in [0.29, 0.717) is 22.9 Å². The van der Waals surface area contributed by atoms with E-state index in [1.165, 1.54) is 27.8 Å². The van der Waals surface area contributed by atoms with Gasteiger partial charge in [-0.25, -0.2) is 8.42 Å². The lowest BCUT2D eigenvalue weighted by Gasteiger charge is -2.34. The van der Waals surface area contributed by atoms with E-state index >= 15 is 0 Å². The minimum absolute atomic E-state index is 0.103. The first-order chi connectivity index (χ1) is 11.9. The summed E-state index contributed by atoms with van der Waals surface area (Å²) in [4.78, 5) is 14.5. The SMILES string of the molecule is N=c1sccn1CC(=O)N1CCN(S(=O)(=O)c2ccc(Cl)cc2)CC1. The summed E-state index contributed by atoms with van der Waals surface area (Å²) in [6.07, 6.45) is 1.70. The van der Waals surface area contributed by atoms with Gasteiger partial charge in [0.05, 0.1) is 4.90 Å². The predicted molar refractivity (Wildman–Crippen MR) is 95.0 cm³/mol. The van der Waals surface area contributed by atoms with E-state index < -0.39 is 10.0 Å². The first kappa shape index (κ1) is 18.1. The Bertz CT molecular complexity index is 913. The van der Waals surface area contributed by atoms with Gasteiger partial charge in [-0.05, 0) is 24.3 Å². The van der Waals surface area contributed by atoms with Gasteiger partial charge >= 0.3 is 0 Å². The zero-order chi connectivity index (χ0) is 18.0. The van der Waals surface area contributed by atoms with Crippen LogP contribution in [0.2, 0.25) is 5.02 Å². The van der Waals surface area contributed by atoms with Crippen molar-refractivity contribution in [3.8, 4) is 0 Å². The van der Waals surface area contributed by atoms with Crippen LogP contribution in [0.1, 0.15) is 0 Å². The van der Waals surface area contributed by atoms with Crippen molar-refractivity contribution in [1.82, 2.24) is 13.8 Å². The highest BCUT2D eigenvalue weighted by Gasteiger charge is 2.30. The van der Waals surface area contributed by atoms with Crippen LogP contribution >= 0.6 is 22.9 Å². The molecule has 7 nitrogen and oxygen atoms in total. The highest BCUT2D eigenvalue weighted by Crippen LogP contribution is 2.20. The van der Waals surface area contributed by atoms with Crippen molar-refractivity contribution in [2.75, 3.05) is 26.2 Å². The number of carbonyl (C=O) groups excluding carboxylic acids is 1. The topological polar surface area (TPSA) is 86.5 Å². The van der Waals surface area contributed by atoms with Gasteiger partial charge < -0.3 is 9.47 Å². The predicted octanol–water partition coefficient (Wildman–Crippen LogP) is 1.22. The molecule has 2 aromatic rings. The number of piperazine rings is 1. The number of hydrogen-bond donors (Lipinski definition) is 1. The second-order valence-electron chi connectivity index (χ2n) is 5.57. The van der Waals surface area contributed by atoms with Crippen LogP contribution in [0.25, 0.3) is 0 Å². The number of aromatic nitrogens is 1. The van der Waals surface area contributed by atoms with Crippen LogP contribution in [-0.2, 0) is 21.4 Å². The largest absolute Gasteiger partial charge is 0.339 e. The molecular weight excluding hydrogens is 384 g/mol. The molecule has 0 bridgehead atoms. The van der Waals surface area contributed by atoms with E-state index in [1.807, 2.05) is 0 Å². The number of nitrogens with zero attached hydrogens (tertiary/aromatic N) is 3. The van der Waals surface area contributed by atoms with Crippen LogP contribution in [0.15, 0.2) is 40.7 Å². The summed E-state index contributed by atoms with van der Waals surface area (Å²) in [5.41, 5.74) is 0. The smallest absolute Gasteiger partial charge is 0.243 e. The molecule has 0 radical (unpaired) electrons. The number of thiazole rings is 1. The monoisotopic (exact) mass is 400 g/mol. The summed E-state index contributed by atoms with van der Waals surface area (Å²) in [6.45, 7) is 1.27. The molecule has 1 amide bonds. The first-order valence-corrected chi connectivity index (χ1v) is 10.3. The molecule has 1 aromatic heterocycles. The second kappa shape index (κ2) is 7.28. The van der Waals surface area contributed by atoms with Crippen molar-refractivity contribution in [3.63, 3.8) is 0 Å². The molecule has 1 saturated heterocycles. The van der Waals surface area contributed by atoms with Crippen LogP contribution in [0.3, 0.4) is 0 Å². The Morgan fingerprint density at radius 1 is 1.16 bits per heavy atom. The minimum atomic E-state index is -3.58. The van der Waals surface area contributed by atoms with Crippen molar-refractivity contribution >= 4 is 38.9 Å². The van der Waals surface area contributed by atoms with Gasteiger partial charge in [-0.3, -0.25) is 10.2 Å². The molecule has 1 fully saturated rings. The molecule has 0 spiro atoms. The average molecular weight is 401 g/mol. The van der Waals surface area contributed by atoms with Crippen LogP contribution in [0.4, 0.5) is 0 Å². The molecule has 1 N–H and O–H groups in total. The maximum Gasteiger partial charge on any atom is 0.243 e. The Balaban J connectivity index is 1.63. The van der Waals surface area contributed by atoms with E-state index in [9.17, 15) is 13.2 Å². The van der Waals surface area contributed by atoms with Crippen LogP contribution in [0.5, 0.6) is 0 Å². The summed E-state index contributed by atoms with van der Waals surface area (Å²) < 4.78 is 28.2. The fourth-order valence-corrected chi connectivity index (χ4v) is 4.75. The zero-order valence-electron chi connectivity index (χ0n) is 13.3. The molecule has 0 atom stereocenters. The van der Waals surface area contributed by atoms with E-state index in [2.05, 4.69) is 0 Å². The third kappa shape index (κ3) is 3.95.